The predicted octanol–water partition coefficient (Wildman–Crippen LogP) is 2.92. The highest BCUT2D eigenvalue weighted by atomic mass is 16.3. The first-order valence-corrected chi connectivity index (χ1v) is 7.04. The van der Waals surface area contributed by atoms with E-state index in [-0.39, 0.29) is 12.5 Å². The van der Waals surface area contributed by atoms with Crippen LogP contribution >= 0.6 is 0 Å². The van der Waals surface area contributed by atoms with E-state index in [4.69, 9.17) is 0 Å². The number of nitrogens with one attached hydrogen (secondary N) is 2. The molecule has 0 fully saturated rings. The average molecular weight is 295 g/mol. The molecule has 3 N–H and O–H groups in total. The Hall–Kier alpha value is -2.66. The van der Waals surface area contributed by atoms with Crippen molar-refractivity contribution in [1.29, 1.82) is 0 Å². The number of hydrogen-bond acceptors (Lipinski definition) is 3. The van der Waals surface area contributed by atoms with Crippen molar-refractivity contribution in [3.05, 3.63) is 59.0 Å². The van der Waals surface area contributed by atoms with Crippen LogP contribution in [0.1, 0.15) is 27.2 Å². The highest BCUT2D eigenvalue weighted by molar-refractivity contribution is 6.06. The molecular formula is C17H17N3O2. The van der Waals surface area contributed by atoms with E-state index in [1.807, 2.05) is 32.0 Å². The number of nitrogens with zero attached hydrogens (tertiary/aromatic N) is 1. The minimum atomic E-state index is -0.254. The van der Waals surface area contributed by atoms with E-state index < -0.39 is 0 Å². The van der Waals surface area contributed by atoms with Crippen LogP contribution < -0.4 is 5.32 Å². The molecule has 0 unspecified atom stereocenters. The molecule has 0 aliphatic rings. The molecule has 0 bridgehead atoms. The lowest BCUT2D eigenvalue weighted by Gasteiger charge is -2.07. The first kappa shape index (κ1) is 14.3. The minimum absolute atomic E-state index is 0.150. The number of anilines is 1. The monoisotopic (exact) mass is 295 g/mol. The van der Waals surface area contributed by atoms with Crippen LogP contribution in [0.4, 0.5) is 5.69 Å². The first-order chi connectivity index (χ1) is 10.6. The second kappa shape index (κ2) is 5.61. The second-order valence-corrected chi connectivity index (χ2v) is 5.30. The van der Waals surface area contributed by atoms with Gasteiger partial charge in [0, 0.05) is 22.7 Å². The summed E-state index contributed by atoms with van der Waals surface area (Å²) >= 11 is 0. The zero-order chi connectivity index (χ0) is 15.7. The number of hydrogen-bond donors (Lipinski definition) is 3. The standard InChI is InChI=1S/C17H17N3O2/c1-10-3-4-14-13(11(10)2)7-15(19-14)17(22)20-16-8-18-6-5-12(16)9-21/h3-8,19,21H,9H2,1-2H3,(H,20,22). The van der Waals surface area contributed by atoms with Gasteiger partial charge in [0.2, 0.25) is 0 Å². The lowest BCUT2D eigenvalue weighted by atomic mass is 10.1. The largest absolute Gasteiger partial charge is 0.392 e. The van der Waals surface area contributed by atoms with E-state index in [0.717, 1.165) is 16.5 Å². The molecule has 0 radical (unpaired) electrons. The molecule has 1 amide bonds. The summed E-state index contributed by atoms with van der Waals surface area (Å²) in [6.07, 6.45) is 3.11. The van der Waals surface area contributed by atoms with Crippen molar-refractivity contribution < 1.29 is 9.90 Å². The first-order valence-electron chi connectivity index (χ1n) is 7.04. The van der Waals surface area contributed by atoms with Gasteiger partial charge in [-0.2, -0.15) is 0 Å². The number of amides is 1. The summed E-state index contributed by atoms with van der Waals surface area (Å²) in [5.41, 5.74) is 4.91. The van der Waals surface area contributed by atoms with Crippen LogP contribution in [0.25, 0.3) is 10.9 Å². The Balaban J connectivity index is 1.94. The lowest BCUT2D eigenvalue weighted by molar-refractivity contribution is 0.102. The van der Waals surface area contributed by atoms with Crippen LogP contribution in [0.2, 0.25) is 0 Å². The van der Waals surface area contributed by atoms with E-state index >= 15 is 0 Å². The smallest absolute Gasteiger partial charge is 0.272 e. The Morgan fingerprint density at radius 1 is 1.32 bits per heavy atom. The van der Waals surface area contributed by atoms with E-state index in [0.29, 0.717) is 16.9 Å². The Morgan fingerprint density at radius 3 is 2.91 bits per heavy atom. The number of rotatable bonds is 3. The SMILES string of the molecule is Cc1ccc2[nH]c(C(=O)Nc3cnccc3CO)cc2c1C. The zero-order valence-electron chi connectivity index (χ0n) is 12.5. The van der Waals surface area contributed by atoms with Gasteiger partial charge in [-0.25, -0.2) is 0 Å². The van der Waals surface area contributed by atoms with Crippen LogP contribution in [-0.2, 0) is 6.61 Å². The summed E-state index contributed by atoms with van der Waals surface area (Å²) < 4.78 is 0. The zero-order valence-corrected chi connectivity index (χ0v) is 12.5. The Bertz CT molecular complexity index is 852. The molecule has 0 atom stereocenters. The van der Waals surface area contributed by atoms with E-state index in [9.17, 15) is 9.90 Å². The van der Waals surface area contributed by atoms with Crippen LogP contribution in [0, 0.1) is 13.8 Å². The van der Waals surface area contributed by atoms with Crippen molar-refractivity contribution in [3.63, 3.8) is 0 Å². The molecule has 112 valence electrons. The Kier molecular flexibility index (Phi) is 3.65. The second-order valence-electron chi connectivity index (χ2n) is 5.30. The maximum Gasteiger partial charge on any atom is 0.272 e. The number of pyridine rings is 1. The number of aliphatic hydroxyl groups is 1. The van der Waals surface area contributed by atoms with Gasteiger partial charge in [0.05, 0.1) is 18.5 Å². The maximum absolute atomic E-state index is 12.4. The normalized spacial score (nSPS) is 10.9. The number of carbonyl (C=O) groups is 1. The van der Waals surface area contributed by atoms with Gasteiger partial charge in [0.15, 0.2) is 0 Å². The molecule has 2 heterocycles. The average Bonchev–Trinajstić information content (AvgIpc) is 2.96. The van der Waals surface area contributed by atoms with Crippen molar-refractivity contribution >= 4 is 22.5 Å². The number of H-pyrrole nitrogens is 1. The van der Waals surface area contributed by atoms with Crippen molar-refractivity contribution in [2.75, 3.05) is 5.32 Å². The molecule has 22 heavy (non-hydrogen) atoms. The quantitative estimate of drug-likeness (QED) is 0.695. The van der Waals surface area contributed by atoms with Crippen LogP contribution in [-0.4, -0.2) is 21.0 Å². The Labute approximate surface area is 128 Å². The van der Waals surface area contributed by atoms with Gasteiger partial charge in [0.1, 0.15) is 5.69 Å². The summed E-state index contributed by atoms with van der Waals surface area (Å²) in [7, 11) is 0. The summed E-state index contributed by atoms with van der Waals surface area (Å²) in [4.78, 5) is 19.5. The van der Waals surface area contributed by atoms with Gasteiger partial charge in [-0.05, 0) is 43.2 Å². The molecule has 5 nitrogen and oxygen atoms in total. The maximum atomic E-state index is 12.4. The molecule has 2 aromatic heterocycles. The molecule has 1 aromatic carbocycles. The molecule has 0 aliphatic carbocycles. The number of aromatic nitrogens is 2. The third kappa shape index (κ3) is 2.46. The molecule has 0 saturated heterocycles. The molecule has 0 aliphatic heterocycles. The van der Waals surface area contributed by atoms with Crippen LogP contribution in [0.5, 0.6) is 0 Å². The summed E-state index contributed by atoms with van der Waals surface area (Å²) in [5.74, 6) is -0.254. The summed E-state index contributed by atoms with van der Waals surface area (Å²) in [6, 6.07) is 7.52. The van der Waals surface area contributed by atoms with Gasteiger partial charge in [-0.1, -0.05) is 6.07 Å². The number of carbonyl (C=O) groups excluding carboxylic acids is 1. The fourth-order valence-corrected chi connectivity index (χ4v) is 2.44. The number of aliphatic hydroxyl groups excluding tert-OH is 1. The van der Waals surface area contributed by atoms with Gasteiger partial charge in [-0.3, -0.25) is 9.78 Å². The van der Waals surface area contributed by atoms with Gasteiger partial charge >= 0.3 is 0 Å². The lowest BCUT2D eigenvalue weighted by Crippen LogP contribution is -2.13. The van der Waals surface area contributed by atoms with Crippen molar-refractivity contribution in [1.82, 2.24) is 9.97 Å². The molecule has 3 rings (SSSR count). The molecule has 3 aromatic rings. The summed E-state index contributed by atoms with van der Waals surface area (Å²) in [6.45, 7) is 3.94. The molecule has 0 spiro atoms. The fraction of sp³-hybridized carbons (Fsp3) is 0.176. The van der Waals surface area contributed by atoms with Crippen molar-refractivity contribution in [2.45, 2.75) is 20.5 Å². The third-order valence-corrected chi connectivity index (χ3v) is 3.92. The van der Waals surface area contributed by atoms with Crippen molar-refractivity contribution in [3.8, 4) is 0 Å². The third-order valence-electron chi connectivity index (χ3n) is 3.92. The topological polar surface area (TPSA) is 78.0 Å². The molecule has 5 heteroatoms. The summed E-state index contributed by atoms with van der Waals surface area (Å²) in [5, 5.41) is 13.1. The number of aryl methyl sites for hydroxylation is 2. The van der Waals surface area contributed by atoms with Crippen LogP contribution in [0.3, 0.4) is 0 Å². The van der Waals surface area contributed by atoms with E-state index in [1.165, 1.54) is 11.8 Å². The van der Waals surface area contributed by atoms with Gasteiger partial charge in [0.25, 0.3) is 5.91 Å². The van der Waals surface area contributed by atoms with Crippen molar-refractivity contribution in [2.24, 2.45) is 0 Å². The molecule has 0 saturated carbocycles. The number of fused-ring (bicyclic) bond motifs is 1. The minimum Gasteiger partial charge on any atom is -0.392 e. The van der Waals surface area contributed by atoms with Gasteiger partial charge in [-0.15, -0.1) is 0 Å². The highest BCUT2D eigenvalue weighted by Gasteiger charge is 2.13. The molecular weight excluding hydrogens is 278 g/mol. The van der Waals surface area contributed by atoms with Crippen LogP contribution in [0.15, 0.2) is 36.7 Å². The highest BCUT2D eigenvalue weighted by Crippen LogP contribution is 2.23. The fourth-order valence-electron chi connectivity index (χ4n) is 2.44. The van der Waals surface area contributed by atoms with Gasteiger partial charge < -0.3 is 15.4 Å². The Morgan fingerprint density at radius 2 is 2.14 bits per heavy atom. The number of benzene rings is 1. The van der Waals surface area contributed by atoms with E-state index in [1.54, 1.807) is 12.3 Å². The number of aromatic amines is 1. The predicted molar refractivity (Wildman–Crippen MR) is 85.9 cm³/mol. The van der Waals surface area contributed by atoms with E-state index in [2.05, 4.69) is 15.3 Å².